The van der Waals surface area contributed by atoms with E-state index in [0.29, 0.717) is 17.7 Å². The van der Waals surface area contributed by atoms with E-state index in [9.17, 15) is 22.8 Å². The molecule has 1 amide bonds. The summed E-state index contributed by atoms with van der Waals surface area (Å²) in [4.78, 5) is 22.5. The zero-order valence-corrected chi connectivity index (χ0v) is 15.5. The molecule has 1 heterocycles. The van der Waals surface area contributed by atoms with Crippen LogP contribution in [0.2, 0.25) is 0 Å². The normalized spacial score (nSPS) is 11.8. The molecule has 1 N–H and O–H groups in total. The molecule has 0 fully saturated rings. The standard InChI is InChI=1S/C18H20F3N3O4/c1-17(2,3)28-16(26)22-6-7-24-10-14(9-23-24)12-4-5-13(11-25)15(8-12)27-18(19,20)21/h4-5,8-11H,6-7H2,1-3H3,(H,22,26). The SMILES string of the molecule is CC(C)(C)OC(=O)NCCn1cc(-c2ccc(C=O)c(OC(F)(F)F)c2)cn1. The van der Waals surface area contributed by atoms with Gasteiger partial charge in [0.15, 0.2) is 6.29 Å². The molecule has 1 aromatic heterocycles. The summed E-state index contributed by atoms with van der Waals surface area (Å²) < 4.78 is 48.0. The summed E-state index contributed by atoms with van der Waals surface area (Å²) in [7, 11) is 0. The summed E-state index contributed by atoms with van der Waals surface area (Å²) in [6.45, 7) is 5.83. The molecule has 0 saturated heterocycles. The Hall–Kier alpha value is -3.04. The van der Waals surface area contributed by atoms with Gasteiger partial charge >= 0.3 is 12.5 Å². The molecule has 2 aromatic rings. The zero-order chi connectivity index (χ0) is 20.9. The fourth-order valence-electron chi connectivity index (χ4n) is 2.25. The van der Waals surface area contributed by atoms with E-state index in [0.717, 1.165) is 6.07 Å². The number of alkyl halides is 3. The second-order valence-electron chi connectivity index (χ2n) is 6.84. The third-order valence-corrected chi connectivity index (χ3v) is 3.34. The van der Waals surface area contributed by atoms with Gasteiger partial charge in [0, 0.05) is 18.3 Å². The van der Waals surface area contributed by atoms with Crippen molar-refractivity contribution in [1.29, 1.82) is 0 Å². The lowest BCUT2D eigenvalue weighted by Crippen LogP contribution is -2.34. The van der Waals surface area contributed by atoms with Crippen molar-refractivity contribution in [3.05, 3.63) is 36.2 Å². The first-order valence-corrected chi connectivity index (χ1v) is 8.31. The molecule has 0 atom stereocenters. The van der Waals surface area contributed by atoms with E-state index in [4.69, 9.17) is 4.74 Å². The number of aromatic nitrogens is 2. The van der Waals surface area contributed by atoms with Crippen molar-refractivity contribution in [3.8, 4) is 16.9 Å². The predicted molar refractivity (Wildman–Crippen MR) is 94.0 cm³/mol. The number of alkyl carbamates (subject to hydrolysis) is 1. The van der Waals surface area contributed by atoms with Gasteiger partial charge in [-0.25, -0.2) is 4.79 Å². The molecular weight excluding hydrogens is 379 g/mol. The minimum atomic E-state index is -4.91. The average Bonchev–Trinajstić information content (AvgIpc) is 3.00. The molecule has 2 rings (SSSR count). The molecule has 0 bridgehead atoms. The van der Waals surface area contributed by atoms with Crippen LogP contribution >= 0.6 is 0 Å². The van der Waals surface area contributed by atoms with Crippen molar-refractivity contribution in [3.63, 3.8) is 0 Å². The van der Waals surface area contributed by atoms with Gasteiger partial charge in [-0.2, -0.15) is 5.10 Å². The number of rotatable bonds is 6. The van der Waals surface area contributed by atoms with Gasteiger partial charge in [-0.1, -0.05) is 6.07 Å². The summed E-state index contributed by atoms with van der Waals surface area (Å²) in [5.41, 5.74) is 0.111. The van der Waals surface area contributed by atoms with Gasteiger partial charge in [0.05, 0.1) is 18.3 Å². The van der Waals surface area contributed by atoms with Gasteiger partial charge in [0.25, 0.3) is 0 Å². The topological polar surface area (TPSA) is 82.5 Å². The molecule has 0 saturated carbocycles. The molecular formula is C18H20F3N3O4. The van der Waals surface area contributed by atoms with Crippen LogP contribution in [-0.2, 0) is 11.3 Å². The van der Waals surface area contributed by atoms with Crippen LogP contribution in [0.1, 0.15) is 31.1 Å². The number of amides is 1. The first-order valence-electron chi connectivity index (χ1n) is 8.31. The van der Waals surface area contributed by atoms with Gasteiger partial charge in [0.2, 0.25) is 0 Å². The van der Waals surface area contributed by atoms with Crippen LogP contribution in [0.4, 0.5) is 18.0 Å². The van der Waals surface area contributed by atoms with Crippen LogP contribution in [0.25, 0.3) is 11.1 Å². The number of nitrogens with zero attached hydrogens (tertiary/aromatic N) is 2. The summed E-state index contributed by atoms with van der Waals surface area (Å²) >= 11 is 0. The quantitative estimate of drug-likeness (QED) is 0.748. The Kier molecular flexibility index (Phi) is 6.32. The second-order valence-corrected chi connectivity index (χ2v) is 6.84. The van der Waals surface area contributed by atoms with E-state index in [1.165, 1.54) is 23.0 Å². The summed E-state index contributed by atoms with van der Waals surface area (Å²) in [5, 5.41) is 6.68. The van der Waals surface area contributed by atoms with Crippen LogP contribution in [-0.4, -0.2) is 40.7 Å². The number of aldehydes is 1. The highest BCUT2D eigenvalue weighted by Gasteiger charge is 2.32. The maximum atomic E-state index is 12.5. The van der Waals surface area contributed by atoms with E-state index in [-0.39, 0.29) is 18.4 Å². The molecule has 0 radical (unpaired) electrons. The van der Waals surface area contributed by atoms with Gasteiger partial charge in [-0.3, -0.25) is 9.48 Å². The number of hydrogen-bond donors (Lipinski definition) is 1. The lowest BCUT2D eigenvalue weighted by molar-refractivity contribution is -0.274. The summed E-state index contributed by atoms with van der Waals surface area (Å²) in [6, 6.07) is 3.86. The summed E-state index contributed by atoms with van der Waals surface area (Å²) in [6.07, 6.45) is -2.12. The van der Waals surface area contributed by atoms with Crippen molar-refractivity contribution in [2.45, 2.75) is 39.3 Å². The fourth-order valence-corrected chi connectivity index (χ4v) is 2.25. The van der Waals surface area contributed by atoms with Crippen LogP contribution in [0.3, 0.4) is 0 Å². The Morgan fingerprint density at radius 1 is 1.25 bits per heavy atom. The van der Waals surface area contributed by atoms with Gasteiger partial charge < -0.3 is 14.8 Å². The van der Waals surface area contributed by atoms with Crippen molar-refractivity contribution in [1.82, 2.24) is 15.1 Å². The monoisotopic (exact) mass is 399 g/mol. The second kappa shape index (κ2) is 8.32. The summed E-state index contributed by atoms with van der Waals surface area (Å²) in [5.74, 6) is -0.584. The fraction of sp³-hybridized carbons (Fsp3) is 0.389. The van der Waals surface area contributed by atoms with Crippen molar-refractivity contribution in [2.24, 2.45) is 0 Å². The van der Waals surface area contributed by atoms with Crippen molar-refractivity contribution < 1.29 is 32.2 Å². The molecule has 0 aliphatic heterocycles. The van der Waals surface area contributed by atoms with Gasteiger partial charge in [-0.15, -0.1) is 13.2 Å². The molecule has 0 aliphatic rings. The molecule has 0 unspecified atom stereocenters. The third kappa shape index (κ3) is 6.60. The Morgan fingerprint density at radius 3 is 2.57 bits per heavy atom. The molecule has 0 aliphatic carbocycles. The van der Waals surface area contributed by atoms with E-state index >= 15 is 0 Å². The molecule has 1 aromatic carbocycles. The molecule has 0 spiro atoms. The number of hydrogen-bond acceptors (Lipinski definition) is 5. The number of halogens is 3. The maximum Gasteiger partial charge on any atom is 0.573 e. The van der Waals surface area contributed by atoms with E-state index < -0.39 is 23.8 Å². The highest BCUT2D eigenvalue weighted by molar-refractivity contribution is 5.81. The average molecular weight is 399 g/mol. The van der Waals surface area contributed by atoms with Gasteiger partial charge in [-0.05, 0) is 38.5 Å². The minimum Gasteiger partial charge on any atom is -0.444 e. The number of carbonyl (C=O) groups excluding carboxylic acids is 2. The highest BCUT2D eigenvalue weighted by Crippen LogP contribution is 2.30. The Labute approximate surface area is 159 Å². The van der Waals surface area contributed by atoms with E-state index in [1.54, 1.807) is 27.0 Å². The van der Waals surface area contributed by atoms with Crippen LogP contribution in [0, 0.1) is 0 Å². The number of carbonyl (C=O) groups is 2. The van der Waals surface area contributed by atoms with Crippen LogP contribution in [0.15, 0.2) is 30.6 Å². The lowest BCUT2D eigenvalue weighted by Gasteiger charge is -2.19. The van der Waals surface area contributed by atoms with Crippen molar-refractivity contribution in [2.75, 3.05) is 6.54 Å². The minimum absolute atomic E-state index is 0.213. The molecule has 28 heavy (non-hydrogen) atoms. The maximum absolute atomic E-state index is 12.5. The van der Waals surface area contributed by atoms with Crippen LogP contribution < -0.4 is 10.1 Å². The lowest BCUT2D eigenvalue weighted by atomic mass is 10.1. The first-order chi connectivity index (χ1) is 13.0. The Morgan fingerprint density at radius 2 is 1.96 bits per heavy atom. The van der Waals surface area contributed by atoms with E-state index in [2.05, 4.69) is 15.2 Å². The number of benzene rings is 1. The zero-order valence-electron chi connectivity index (χ0n) is 15.5. The predicted octanol–water partition coefficient (Wildman–Crippen LogP) is 3.79. The molecule has 7 nitrogen and oxygen atoms in total. The van der Waals surface area contributed by atoms with Gasteiger partial charge in [0.1, 0.15) is 11.4 Å². The number of ether oxygens (including phenoxy) is 2. The Balaban J connectivity index is 2.04. The first kappa shape index (κ1) is 21.3. The smallest absolute Gasteiger partial charge is 0.444 e. The molecule has 152 valence electrons. The largest absolute Gasteiger partial charge is 0.573 e. The molecule has 10 heteroatoms. The third-order valence-electron chi connectivity index (χ3n) is 3.34. The Bertz CT molecular complexity index is 841. The van der Waals surface area contributed by atoms with Crippen molar-refractivity contribution >= 4 is 12.4 Å². The van der Waals surface area contributed by atoms with Crippen LogP contribution in [0.5, 0.6) is 5.75 Å². The highest BCUT2D eigenvalue weighted by atomic mass is 19.4. The number of nitrogens with one attached hydrogen (secondary N) is 1. The van der Waals surface area contributed by atoms with E-state index in [1.807, 2.05) is 0 Å².